The summed E-state index contributed by atoms with van der Waals surface area (Å²) in [6, 6.07) is 13.8. The summed E-state index contributed by atoms with van der Waals surface area (Å²) in [4.78, 5) is 12.3. The second-order valence-corrected chi connectivity index (χ2v) is 4.03. The molecule has 17 heavy (non-hydrogen) atoms. The molecule has 1 heteroatoms. The number of hydrogen-bond donors (Lipinski definition) is 0. The lowest BCUT2D eigenvalue weighted by Crippen LogP contribution is -2.10. The lowest BCUT2D eigenvalue weighted by Gasteiger charge is -2.09. The number of benzene rings is 2. The first-order valence-corrected chi connectivity index (χ1v) is 5.60. The molecule has 0 unspecified atom stereocenters. The summed E-state index contributed by atoms with van der Waals surface area (Å²) in [5.41, 5.74) is 0.773. The van der Waals surface area contributed by atoms with E-state index in [2.05, 4.69) is 0 Å². The van der Waals surface area contributed by atoms with Gasteiger partial charge in [0.15, 0.2) is 5.78 Å². The molecule has 0 saturated heterocycles. The minimum absolute atomic E-state index is 0.0896. The molecule has 2 aromatic rings. The van der Waals surface area contributed by atoms with Gasteiger partial charge in [0.1, 0.15) is 0 Å². The Hall–Kier alpha value is -1.63. The molecule has 0 N–H and O–H groups in total. The van der Waals surface area contributed by atoms with Crippen LogP contribution in [0.15, 0.2) is 42.5 Å². The van der Waals surface area contributed by atoms with E-state index in [1.807, 2.05) is 68.1 Å². The van der Waals surface area contributed by atoms with Crippen molar-refractivity contribution in [2.24, 2.45) is 0 Å². The summed E-state index contributed by atoms with van der Waals surface area (Å²) in [6.07, 6.45) is 7.48. The van der Waals surface area contributed by atoms with Gasteiger partial charge in [-0.25, -0.2) is 0 Å². The molecule has 0 aromatic heterocycles. The van der Waals surface area contributed by atoms with Crippen LogP contribution in [0.2, 0.25) is 0 Å². The number of Topliss-reactive ketones (excluding diaryl/α,β-unsaturated/α-hetero) is 1. The van der Waals surface area contributed by atoms with E-state index < -0.39 is 0 Å². The van der Waals surface area contributed by atoms with Gasteiger partial charge in [0.05, 0.1) is 5.92 Å². The lowest BCUT2D eigenvalue weighted by atomic mass is 9.92. The normalized spacial score (nSPS) is 16.5. The van der Waals surface area contributed by atoms with E-state index in [9.17, 15) is 4.79 Å². The first-order valence-electron chi connectivity index (χ1n) is 5.60. The molecule has 1 nitrogen and oxygen atoms in total. The molecule has 3 rings (SSSR count). The fourth-order valence-electron chi connectivity index (χ4n) is 2.10. The zero-order chi connectivity index (χ0) is 11.7. The van der Waals surface area contributed by atoms with Crippen LogP contribution in [0.4, 0.5) is 0 Å². The average Bonchev–Trinajstić information content (AvgIpc) is 2.91. The third-order valence-corrected chi connectivity index (χ3v) is 2.96. The van der Waals surface area contributed by atoms with Crippen molar-refractivity contribution in [3.8, 4) is 0 Å². The number of fused-ring (bicyclic) bond motifs is 1. The molecule has 1 saturated carbocycles. The van der Waals surface area contributed by atoms with Crippen LogP contribution >= 0.6 is 0 Å². The van der Waals surface area contributed by atoms with Gasteiger partial charge in [0.2, 0.25) is 0 Å². The van der Waals surface area contributed by atoms with Crippen molar-refractivity contribution >= 4 is 16.6 Å². The van der Waals surface area contributed by atoms with E-state index in [0.717, 1.165) is 22.3 Å². The van der Waals surface area contributed by atoms with Crippen LogP contribution in [0.5, 0.6) is 0 Å². The number of hydrogen-bond acceptors (Lipinski definition) is 1. The predicted octanol–water partition coefficient (Wildman–Crippen LogP) is 3.43. The van der Waals surface area contributed by atoms with Gasteiger partial charge in [0.25, 0.3) is 0 Å². The summed E-state index contributed by atoms with van der Waals surface area (Å²) < 4.78 is 0. The molecule has 0 amide bonds. The van der Waals surface area contributed by atoms with Gasteiger partial charge < -0.3 is 0 Å². The van der Waals surface area contributed by atoms with Crippen molar-refractivity contribution in [2.45, 2.75) is 0 Å². The fourth-order valence-corrected chi connectivity index (χ4v) is 2.10. The Morgan fingerprint density at radius 2 is 1.53 bits per heavy atom. The fraction of sp³-hybridized carbons (Fsp3) is 0. The van der Waals surface area contributed by atoms with E-state index in [0.29, 0.717) is 0 Å². The molecule has 1 fully saturated rings. The van der Waals surface area contributed by atoms with Gasteiger partial charge in [-0.15, -0.1) is 0 Å². The minimum atomic E-state index is 0.0896. The molecule has 0 spiro atoms. The van der Waals surface area contributed by atoms with Crippen molar-refractivity contribution in [3.63, 3.8) is 0 Å². The minimum Gasteiger partial charge on any atom is -0.293 e. The summed E-state index contributed by atoms with van der Waals surface area (Å²) in [7, 11) is 0. The van der Waals surface area contributed by atoms with Gasteiger partial charge in [-0.3, -0.25) is 4.79 Å². The second-order valence-electron chi connectivity index (χ2n) is 4.03. The van der Waals surface area contributed by atoms with Crippen LogP contribution < -0.4 is 0 Å². The smallest absolute Gasteiger partial charge is 0.171 e. The summed E-state index contributed by atoms with van der Waals surface area (Å²) >= 11 is 0. The number of carbonyl (C=O) groups is 1. The zero-order valence-corrected chi connectivity index (χ0v) is 9.26. The van der Waals surface area contributed by atoms with Gasteiger partial charge in [0, 0.05) is 5.56 Å². The first-order chi connectivity index (χ1) is 8.36. The quantitative estimate of drug-likeness (QED) is 0.707. The third-order valence-electron chi connectivity index (χ3n) is 2.96. The Bertz CT molecular complexity index is 545. The predicted molar refractivity (Wildman–Crippen MR) is 68.7 cm³/mol. The maximum absolute atomic E-state index is 12.3. The Morgan fingerprint density at radius 1 is 0.824 bits per heavy atom. The van der Waals surface area contributed by atoms with Gasteiger partial charge in [-0.05, 0) is 36.5 Å². The summed E-state index contributed by atoms with van der Waals surface area (Å²) in [5.74, 6) is 0.841. The molecule has 81 valence electrons. The molecule has 0 atom stereocenters. The number of rotatable bonds is 2. The monoisotopic (exact) mass is 219 g/mol. The van der Waals surface area contributed by atoms with Gasteiger partial charge in [-0.1, -0.05) is 42.5 Å². The maximum Gasteiger partial charge on any atom is 0.171 e. The molecule has 1 aliphatic carbocycles. The van der Waals surface area contributed by atoms with Gasteiger partial charge in [-0.2, -0.15) is 0 Å². The Kier molecular flexibility index (Phi) is 2.68. The van der Waals surface area contributed by atoms with Crippen LogP contribution in [-0.2, 0) is 0 Å². The molecular weight excluding hydrogens is 208 g/mol. The van der Waals surface area contributed by atoms with Crippen LogP contribution in [0.25, 0.3) is 10.8 Å². The van der Waals surface area contributed by atoms with E-state index in [4.69, 9.17) is 0 Å². The van der Waals surface area contributed by atoms with E-state index in [-0.39, 0.29) is 5.78 Å². The van der Waals surface area contributed by atoms with Gasteiger partial charge >= 0.3 is 0 Å². The standard InChI is InChI=1S/C16H11O/c17-16(13-7-1-2-8-13)15-11-5-9-12-6-3-4-10-14(12)15/h1-11H. The van der Waals surface area contributed by atoms with Crippen molar-refractivity contribution in [1.82, 2.24) is 0 Å². The maximum atomic E-state index is 12.3. The summed E-state index contributed by atoms with van der Waals surface area (Å²) in [6.45, 7) is 0. The molecule has 1 aliphatic rings. The number of carbonyl (C=O) groups excluding carboxylic acids is 1. The SMILES string of the molecule is O=C([C]1[CH][CH][CH][CH]1)c1cccc2ccccc12. The molecule has 0 aliphatic heterocycles. The highest BCUT2D eigenvalue weighted by molar-refractivity contribution is 6.16. The van der Waals surface area contributed by atoms with Crippen LogP contribution in [0.1, 0.15) is 10.4 Å². The highest BCUT2D eigenvalue weighted by atomic mass is 16.1. The molecule has 5 radical (unpaired) electrons. The lowest BCUT2D eigenvalue weighted by molar-refractivity contribution is 0.102. The summed E-state index contributed by atoms with van der Waals surface area (Å²) in [5, 5.41) is 2.12. The average molecular weight is 219 g/mol. The molecular formula is C16H11O. The molecule has 0 bridgehead atoms. The highest BCUT2D eigenvalue weighted by Gasteiger charge is 2.26. The Balaban J connectivity index is 2.07. The number of ketones is 1. The zero-order valence-electron chi connectivity index (χ0n) is 9.26. The molecule has 2 aromatic carbocycles. The largest absolute Gasteiger partial charge is 0.293 e. The Labute approximate surface area is 101 Å². The van der Waals surface area contributed by atoms with Crippen LogP contribution in [0, 0.1) is 31.6 Å². The van der Waals surface area contributed by atoms with Crippen molar-refractivity contribution in [1.29, 1.82) is 0 Å². The van der Waals surface area contributed by atoms with Crippen LogP contribution in [-0.4, -0.2) is 5.78 Å². The van der Waals surface area contributed by atoms with Crippen LogP contribution in [0.3, 0.4) is 0 Å². The van der Waals surface area contributed by atoms with E-state index >= 15 is 0 Å². The topological polar surface area (TPSA) is 17.1 Å². The van der Waals surface area contributed by atoms with E-state index in [1.165, 1.54) is 0 Å². The molecule has 0 heterocycles. The van der Waals surface area contributed by atoms with Crippen molar-refractivity contribution < 1.29 is 4.79 Å². The highest BCUT2D eigenvalue weighted by Crippen LogP contribution is 2.29. The third kappa shape index (κ3) is 1.86. The second kappa shape index (κ2) is 4.33. The first kappa shape index (κ1) is 10.5. The van der Waals surface area contributed by atoms with E-state index in [1.54, 1.807) is 0 Å². The Morgan fingerprint density at radius 3 is 2.35 bits per heavy atom. The van der Waals surface area contributed by atoms with Crippen molar-refractivity contribution in [3.05, 3.63) is 79.6 Å². The van der Waals surface area contributed by atoms with Crippen molar-refractivity contribution in [2.75, 3.05) is 0 Å².